The van der Waals surface area contributed by atoms with Crippen LogP contribution >= 0.6 is 23.2 Å². The van der Waals surface area contributed by atoms with Gasteiger partial charge in [-0.05, 0) is 6.07 Å². The number of nitrogens with zero attached hydrogens (tertiary/aromatic N) is 1. The van der Waals surface area contributed by atoms with Gasteiger partial charge in [0.1, 0.15) is 5.15 Å². The second-order valence-electron chi connectivity index (χ2n) is 2.00. The predicted octanol–water partition coefficient (Wildman–Crippen LogP) is 1.29. The van der Waals surface area contributed by atoms with Crippen LogP contribution in [0.4, 0.5) is 5.69 Å². The summed E-state index contributed by atoms with van der Waals surface area (Å²) in [7, 11) is 0. The molecule has 0 aliphatic rings. The van der Waals surface area contributed by atoms with Crippen LogP contribution in [0.2, 0.25) is 10.2 Å². The van der Waals surface area contributed by atoms with Crippen molar-refractivity contribution in [2.45, 2.75) is 0 Å². The van der Waals surface area contributed by atoms with Crippen LogP contribution in [0.15, 0.2) is 6.07 Å². The van der Waals surface area contributed by atoms with E-state index in [1.165, 1.54) is 6.07 Å². The van der Waals surface area contributed by atoms with E-state index in [1.807, 2.05) is 0 Å². The normalized spacial score (nSPS) is 9.08. The van der Waals surface area contributed by atoms with Crippen LogP contribution in [0.5, 0.6) is 0 Å². The summed E-state index contributed by atoms with van der Waals surface area (Å²) in [5, 5.41) is 8.47. The summed E-state index contributed by atoms with van der Waals surface area (Å²) in [5.41, 5.74) is 5.11. The van der Waals surface area contributed by atoms with Crippen LogP contribution in [-0.4, -0.2) is 67.4 Å². The smallest absolute Gasteiger partial charge is 0.356 e. The molecule has 1 aromatic rings. The van der Waals surface area contributed by atoms with E-state index in [4.69, 9.17) is 34.0 Å². The first-order valence-corrected chi connectivity index (χ1v) is 3.62. The summed E-state index contributed by atoms with van der Waals surface area (Å²) in [5.74, 6) is -1.26. The van der Waals surface area contributed by atoms with Gasteiger partial charge in [-0.2, -0.15) is 0 Å². The molecule has 0 saturated heterocycles. The van der Waals surface area contributed by atoms with Gasteiger partial charge in [0.15, 0.2) is 5.69 Å². The summed E-state index contributed by atoms with van der Waals surface area (Å²) >= 11 is 11.0. The maximum Gasteiger partial charge on any atom is 0.356 e. The Morgan fingerprint density at radius 2 is 2.08 bits per heavy atom. The largest absolute Gasteiger partial charge is 0.476 e. The molecule has 7 heteroatoms. The fourth-order valence-corrected chi connectivity index (χ4v) is 1.04. The van der Waals surface area contributed by atoms with Gasteiger partial charge in [0.25, 0.3) is 0 Å². The number of nitrogens with two attached hydrogens (primary N) is 1. The van der Waals surface area contributed by atoms with Gasteiger partial charge in [-0.15, -0.1) is 0 Å². The Kier molecular flexibility index (Phi) is 5.77. The molecule has 1 heterocycles. The number of nitrogen functional groups attached to an aromatic ring is 1. The predicted molar refractivity (Wildman–Crippen MR) is 51.4 cm³/mol. The van der Waals surface area contributed by atoms with Gasteiger partial charge in [0.05, 0.1) is 10.7 Å². The molecule has 0 unspecified atom stereocenters. The molecule has 0 saturated carbocycles. The zero-order valence-corrected chi connectivity index (χ0v) is 11.3. The van der Waals surface area contributed by atoms with E-state index in [-0.39, 0.29) is 72.9 Å². The molecule has 0 amide bonds. The molecule has 1 rings (SSSR count). The molecule has 4 nitrogen and oxygen atoms in total. The number of halogens is 2. The van der Waals surface area contributed by atoms with E-state index < -0.39 is 5.97 Å². The third-order valence-corrected chi connectivity index (χ3v) is 1.75. The molecule has 0 atom stereocenters. The minimum atomic E-state index is -1.26. The molecule has 1 aromatic heterocycles. The molecule has 3 N–H and O–H groups in total. The van der Waals surface area contributed by atoms with Crippen molar-refractivity contribution < 1.29 is 9.90 Å². The van der Waals surface area contributed by atoms with Crippen LogP contribution in [0.25, 0.3) is 0 Å². The number of pyridine rings is 1. The van der Waals surface area contributed by atoms with Gasteiger partial charge in [-0.25, -0.2) is 9.78 Å². The van der Waals surface area contributed by atoms with Crippen molar-refractivity contribution in [3.8, 4) is 0 Å². The van der Waals surface area contributed by atoms with Gasteiger partial charge in [0.2, 0.25) is 0 Å². The second kappa shape index (κ2) is 5.50. The van der Waals surface area contributed by atoms with Gasteiger partial charge < -0.3 is 10.8 Å². The van der Waals surface area contributed by atoms with Crippen molar-refractivity contribution in [1.82, 2.24) is 4.98 Å². The Morgan fingerprint density at radius 1 is 1.54 bits per heavy atom. The quantitative estimate of drug-likeness (QED) is 0.578. The Hall–Kier alpha value is 0.636. The van der Waals surface area contributed by atoms with Crippen molar-refractivity contribution >= 4 is 86.2 Å². The van der Waals surface area contributed by atoms with Crippen LogP contribution < -0.4 is 5.73 Å². The molecular weight excluding hydrogens is 242 g/mol. The SMILES string of the molecule is Nc1cc(Cl)nc(C(=O)O)c1Cl.[K]. The monoisotopic (exact) mass is 245 g/mol. The third kappa shape index (κ3) is 3.36. The Labute approximate surface area is 127 Å². The number of carboxylic acid groups (broad SMARTS) is 1. The zero-order valence-electron chi connectivity index (χ0n) is 6.71. The number of carboxylic acids is 1. The fourth-order valence-electron chi connectivity index (χ4n) is 0.658. The number of hydrogen-bond acceptors (Lipinski definition) is 3. The van der Waals surface area contributed by atoms with E-state index in [0.717, 1.165) is 0 Å². The summed E-state index contributed by atoms with van der Waals surface area (Å²) in [6.45, 7) is 0. The molecule has 0 spiro atoms. The van der Waals surface area contributed by atoms with Crippen molar-refractivity contribution in [2.75, 3.05) is 5.73 Å². The molecule has 0 fully saturated rings. The average molecular weight is 246 g/mol. The summed E-state index contributed by atoms with van der Waals surface area (Å²) in [6.07, 6.45) is 0. The first-order chi connectivity index (χ1) is 5.52. The van der Waals surface area contributed by atoms with Crippen LogP contribution in [-0.2, 0) is 0 Å². The Bertz CT molecular complexity index is 346. The molecule has 0 aromatic carbocycles. The van der Waals surface area contributed by atoms with Crippen LogP contribution in [0.3, 0.4) is 0 Å². The Morgan fingerprint density at radius 3 is 2.54 bits per heavy atom. The average Bonchev–Trinajstić information content (AvgIpc) is 1.96. The van der Waals surface area contributed by atoms with E-state index in [1.54, 1.807) is 0 Å². The molecular formula is C6H4Cl2KN2O2. The summed E-state index contributed by atoms with van der Waals surface area (Å²) in [6, 6.07) is 1.29. The topological polar surface area (TPSA) is 76.2 Å². The van der Waals surface area contributed by atoms with E-state index in [9.17, 15) is 4.79 Å². The molecule has 13 heavy (non-hydrogen) atoms. The maximum absolute atomic E-state index is 10.5. The van der Waals surface area contributed by atoms with Crippen LogP contribution in [0, 0.1) is 0 Å². The van der Waals surface area contributed by atoms with Gasteiger partial charge in [0, 0.05) is 51.4 Å². The second-order valence-corrected chi connectivity index (χ2v) is 2.77. The third-order valence-electron chi connectivity index (χ3n) is 1.16. The Balaban J connectivity index is 0.00000144. The van der Waals surface area contributed by atoms with E-state index >= 15 is 0 Å². The van der Waals surface area contributed by atoms with Gasteiger partial charge >= 0.3 is 5.97 Å². The number of anilines is 1. The van der Waals surface area contributed by atoms with Crippen molar-refractivity contribution in [2.24, 2.45) is 0 Å². The van der Waals surface area contributed by atoms with Crippen molar-refractivity contribution in [3.05, 3.63) is 21.9 Å². The molecule has 65 valence electrons. The van der Waals surface area contributed by atoms with Gasteiger partial charge in [-0.1, -0.05) is 23.2 Å². The molecule has 1 radical (unpaired) electrons. The minimum absolute atomic E-state index is 0. The summed E-state index contributed by atoms with van der Waals surface area (Å²) < 4.78 is 0. The van der Waals surface area contributed by atoms with E-state index in [2.05, 4.69) is 4.98 Å². The van der Waals surface area contributed by atoms with Crippen molar-refractivity contribution in [1.29, 1.82) is 0 Å². The summed E-state index contributed by atoms with van der Waals surface area (Å²) in [4.78, 5) is 14.0. The maximum atomic E-state index is 10.5. The van der Waals surface area contributed by atoms with Crippen LogP contribution in [0.1, 0.15) is 10.5 Å². The number of aromatic nitrogens is 1. The van der Waals surface area contributed by atoms with Crippen molar-refractivity contribution in [3.63, 3.8) is 0 Å². The molecule has 0 aliphatic carbocycles. The minimum Gasteiger partial charge on any atom is -0.476 e. The number of carbonyl (C=O) groups is 1. The molecule has 0 bridgehead atoms. The number of rotatable bonds is 1. The first kappa shape index (κ1) is 13.6. The zero-order chi connectivity index (χ0) is 9.30. The van der Waals surface area contributed by atoms with Gasteiger partial charge in [-0.3, -0.25) is 0 Å². The number of aromatic carboxylic acids is 1. The van der Waals surface area contributed by atoms with E-state index in [0.29, 0.717) is 0 Å². The standard InChI is InChI=1S/C6H4Cl2N2O2.K/c7-3-1-2(9)4(8)5(10-3)6(11)12;/h1H,(H2,9,10)(H,11,12);. The number of hydrogen-bond donors (Lipinski definition) is 2. The fraction of sp³-hybridized carbons (Fsp3) is 0. The molecule has 0 aliphatic heterocycles. The first-order valence-electron chi connectivity index (χ1n) is 2.87.